The first-order chi connectivity index (χ1) is 10.4. The molecule has 1 saturated heterocycles. The summed E-state index contributed by atoms with van der Waals surface area (Å²) < 4.78 is 6.78. The summed E-state index contributed by atoms with van der Waals surface area (Å²) in [5.74, 6) is -0.00652. The number of hydrogen-bond acceptors (Lipinski definition) is 10. The van der Waals surface area contributed by atoms with Crippen LogP contribution in [0.1, 0.15) is 6.23 Å². The van der Waals surface area contributed by atoms with Crippen LogP contribution in [0.2, 0.25) is 0 Å². The minimum atomic E-state index is -1.39. The van der Waals surface area contributed by atoms with Gasteiger partial charge in [-0.25, -0.2) is 4.98 Å². The van der Waals surface area contributed by atoms with E-state index in [1.807, 2.05) is 0 Å². The molecule has 1 aliphatic heterocycles. The number of aliphatic hydroxyl groups excluding tert-OH is 4. The van der Waals surface area contributed by atoms with E-state index >= 15 is 0 Å². The third-order valence-electron chi connectivity index (χ3n) is 3.58. The second kappa shape index (κ2) is 5.30. The molecule has 1 aliphatic rings. The molecule has 0 bridgehead atoms. The number of imidazole rings is 1. The second-order valence-corrected chi connectivity index (χ2v) is 5.01. The Kier molecular flexibility index (Phi) is 3.58. The number of fused-ring (bicyclic) bond motifs is 1. The summed E-state index contributed by atoms with van der Waals surface area (Å²) in [5, 5.41) is 38.7. The Morgan fingerprint density at radius 3 is 2.68 bits per heavy atom. The van der Waals surface area contributed by atoms with Crippen molar-refractivity contribution in [1.82, 2.24) is 19.5 Å². The van der Waals surface area contributed by atoms with Crippen LogP contribution < -0.4 is 11.5 Å². The summed E-state index contributed by atoms with van der Waals surface area (Å²) in [7, 11) is 0. The Morgan fingerprint density at radius 1 is 1.27 bits per heavy atom. The van der Waals surface area contributed by atoms with Gasteiger partial charge >= 0.3 is 0 Å². The lowest BCUT2D eigenvalue weighted by Gasteiger charge is -2.18. The Balaban J connectivity index is 2.01. The minimum Gasteiger partial charge on any atom is -0.394 e. The summed E-state index contributed by atoms with van der Waals surface area (Å²) in [4.78, 5) is 11.8. The van der Waals surface area contributed by atoms with Crippen molar-refractivity contribution in [2.24, 2.45) is 0 Å². The summed E-state index contributed by atoms with van der Waals surface area (Å²) in [6, 6.07) is 0. The standard InChI is InChI=1S/C11H16N6O5/c12-8-4-9(16-11(13)15-8)17(2-14-4)10-6(21)5(20)7(22-10)3(19)1-18/h2-3,5-7,10,18-21H,1H2,(H4,12,13,15,16)/t3-,5-,6-,7+,10-/m1/s1. The van der Waals surface area contributed by atoms with Gasteiger partial charge in [0.15, 0.2) is 17.7 Å². The first-order valence-electron chi connectivity index (χ1n) is 6.50. The van der Waals surface area contributed by atoms with Crippen LogP contribution in [0, 0.1) is 0 Å². The fraction of sp³-hybridized carbons (Fsp3) is 0.545. The molecule has 3 heterocycles. The number of aliphatic hydroxyl groups is 4. The van der Waals surface area contributed by atoms with Crippen molar-refractivity contribution in [3.8, 4) is 0 Å². The van der Waals surface area contributed by atoms with Gasteiger partial charge in [0.2, 0.25) is 5.95 Å². The molecule has 120 valence electrons. The lowest BCUT2D eigenvalue weighted by Crippen LogP contribution is -2.40. The summed E-state index contributed by atoms with van der Waals surface area (Å²) in [6.07, 6.45) is -5.00. The average molecular weight is 312 g/mol. The van der Waals surface area contributed by atoms with Crippen molar-refractivity contribution in [2.75, 3.05) is 18.1 Å². The molecule has 22 heavy (non-hydrogen) atoms. The number of hydrogen-bond donors (Lipinski definition) is 6. The molecule has 2 aromatic heterocycles. The molecular weight excluding hydrogens is 296 g/mol. The molecule has 8 N–H and O–H groups in total. The smallest absolute Gasteiger partial charge is 0.224 e. The van der Waals surface area contributed by atoms with Gasteiger partial charge in [-0.05, 0) is 0 Å². The molecule has 2 aromatic rings. The molecule has 3 rings (SSSR count). The number of nitrogen functional groups attached to an aromatic ring is 2. The van der Waals surface area contributed by atoms with Crippen LogP contribution in [-0.4, -0.2) is 71.0 Å². The van der Waals surface area contributed by atoms with Gasteiger partial charge in [-0.2, -0.15) is 9.97 Å². The Labute approximate surface area is 123 Å². The van der Waals surface area contributed by atoms with E-state index in [1.54, 1.807) is 0 Å². The average Bonchev–Trinajstić information content (AvgIpc) is 3.01. The SMILES string of the molecule is Nc1nc(N)c2ncn([C@@H]3O[C@@H]([C@H](O)CO)[C@H](O)[C@H]3O)c2n1. The summed E-state index contributed by atoms with van der Waals surface area (Å²) in [6.45, 7) is -0.617. The van der Waals surface area contributed by atoms with E-state index in [-0.39, 0.29) is 22.9 Å². The summed E-state index contributed by atoms with van der Waals surface area (Å²) in [5.41, 5.74) is 11.7. The van der Waals surface area contributed by atoms with Crippen LogP contribution in [0.4, 0.5) is 11.8 Å². The van der Waals surface area contributed by atoms with Crippen molar-refractivity contribution in [3.63, 3.8) is 0 Å². The molecule has 1 fully saturated rings. The first-order valence-corrected chi connectivity index (χ1v) is 6.50. The van der Waals surface area contributed by atoms with Crippen molar-refractivity contribution < 1.29 is 25.2 Å². The van der Waals surface area contributed by atoms with Crippen molar-refractivity contribution in [3.05, 3.63) is 6.33 Å². The van der Waals surface area contributed by atoms with Crippen LogP contribution in [0.15, 0.2) is 6.33 Å². The fourth-order valence-corrected chi connectivity index (χ4v) is 2.48. The van der Waals surface area contributed by atoms with E-state index in [1.165, 1.54) is 10.9 Å². The van der Waals surface area contributed by atoms with Crippen LogP contribution in [0.25, 0.3) is 11.2 Å². The van der Waals surface area contributed by atoms with Crippen LogP contribution in [0.3, 0.4) is 0 Å². The highest BCUT2D eigenvalue weighted by Crippen LogP contribution is 2.33. The van der Waals surface area contributed by atoms with Gasteiger partial charge in [-0.3, -0.25) is 4.57 Å². The molecule has 0 spiro atoms. The Hall–Kier alpha value is -2.05. The molecule has 0 amide bonds. The quantitative estimate of drug-likeness (QED) is 0.340. The van der Waals surface area contributed by atoms with E-state index in [2.05, 4.69) is 15.0 Å². The van der Waals surface area contributed by atoms with Crippen LogP contribution in [-0.2, 0) is 4.74 Å². The van der Waals surface area contributed by atoms with Gasteiger partial charge in [0.25, 0.3) is 0 Å². The van der Waals surface area contributed by atoms with Gasteiger partial charge in [0, 0.05) is 0 Å². The van der Waals surface area contributed by atoms with Crippen molar-refractivity contribution >= 4 is 22.9 Å². The van der Waals surface area contributed by atoms with Gasteiger partial charge in [0.05, 0.1) is 12.9 Å². The maximum atomic E-state index is 10.1. The third kappa shape index (κ3) is 2.15. The highest BCUT2D eigenvalue weighted by atomic mass is 16.6. The zero-order valence-corrected chi connectivity index (χ0v) is 11.3. The largest absolute Gasteiger partial charge is 0.394 e. The monoisotopic (exact) mass is 312 g/mol. The Bertz CT molecular complexity index is 693. The molecule has 0 saturated carbocycles. The maximum Gasteiger partial charge on any atom is 0.224 e. The zero-order chi connectivity index (χ0) is 16.0. The zero-order valence-electron chi connectivity index (χ0n) is 11.3. The van der Waals surface area contributed by atoms with Gasteiger partial charge < -0.3 is 36.6 Å². The topological polar surface area (TPSA) is 186 Å². The van der Waals surface area contributed by atoms with Crippen molar-refractivity contribution in [1.29, 1.82) is 0 Å². The number of nitrogens with zero attached hydrogens (tertiary/aromatic N) is 4. The van der Waals surface area contributed by atoms with Crippen LogP contribution >= 0.6 is 0 Å². The lowest BCUT2D eigenvalue weighted by molar-refractivity contribution is -0.0962. The number of anilines is 2. The molecule has 11 nitrogen and oxygen atoms in total. The van der Waals surface area contributed by atoms with E-state index in [4.69, 9.17) is 21.3 Å². The minimum absolute atomic E-state index is 0.0706. The van der Waals surface area contributed by atoms with Crippen molar-refractivity contribution in [2.45, 2.75) is 30.6 Å². The first kappa shape index (κ1) is 14.9. The highest BCUT2D eigenvalue weighted by Gasteiger charge is 2.47. The molecule has 0 radical (unpaired) electrons. The molecule has 5 atom stereocenters. The predicted octanol–water partition coefficient (Wildman–Crippen LogP) is -3.04. The number of ether oxygens (including phenoxy) is 1. The normalized spacial score (nSPS) is 30.0. The lowest BCUT2D eigenvalue weighted by atomic mass is 10.1. The van der Waals surface area contributed by atoms with Gasteiger partial charge in [0.1, 0.15) is 29.9 Å². The number of aromatic nitrogens is 4. The molecule has 11 heteroatoms. The molecule has 0 unspecified atom stereocenters. The third-order valence-corrected chi connectivity index (χ3v) is 3.58. The van der Waals surface area contributed by atoms with E-state index < -0.39 is 37.3 Å². The molecule has 0 aliphatic carbocycles. The summed E-state index contributed by atoms with van der Waals surface area (Å²) >= 11 is 0. The van der Waals surface area contributed by atoms with E-state index in [9.17, 15) is 15.3 Å². The number of rotatable bonds is 3. The van der Waals surface area contributed by atoms with Gasteiger partial charge in [-0.15, -0.1) is 0 Å². The molecular formula is C11H16N6O5. The van der Waals surface area contributed by atoms with Gasteiger partial charge in [-0.1, -0.05) is 0 Å². The van der Waals surface area contributed by atoms with E-state index in [0.717, 1.165) is 0 Å². The number of nitrogens with two attached hydrogens (primary N) is 2. The second-order valence-electron chi connectivity index (χ2n) is 5.01. The fourth-order valence-electron chi connectivity index (χ4n) is 2.48. The van der Waals surface area contributed by atoms with E-state index in [0.29, 0.717) is 0 Å². The van der Waals surface area contributed by atoms with Crippen LogP contribution in [0.5, 0.6) is 0 Å². The highest BCUT2D eigenvalue weighted by molar-refractivity contribution is 5.82. The molecule has 0 aromatic carbocycles. The maximum absolute atomic E-state index is 10.1. The Morgan fingerprint density at radius 2 is 2.00 bits per heavy atom. The predicted molar refractivity (Wildman–Crippen MR) is 73.2 cm³/mol.